The smallest absolute Gasteiger partial charge is 0.323 e. The Balaban J connectivity index is 1.50. The van der Waals surface area contributed by atoms with Gasteiger partial charge in [-0.25, -0.2) is 9.97 Å². The zero-order valence-electron chi connectivity index (χ0n) is 29.9. The second-order valence-electron chi connectivity index (χ2n) is 13.1. The molecule has 0 saturated heterocycles. The van der Waals surface area contributed by atoms with E-state index in [1.807, 2.05) is 27.7 Å². The Bertz CT molecular complexity index is 1960. The zero-order chi connectivity index (χ0) is 38.7. The molecule has 2 unspecified atom stereocenters. The van der Waals surface area contributed by atoms with Crippen LogP contribution in [-0.4, -0.2) is 53.3 Å². The van der Waals surface area contributed by atoms with Gasteiger partial charge in [0.05, 0.1) is 11.3 Å². The van der Waals surface area contributed by atoms with Gasteiger partial charge < -0.3 is 35.8 Å². The number of oxazole rings is 1. The van der Waals surface area contributed by atoms with Crippen molar-refractivity contribution in [1.29, 1.82) is 10.5 Å². The van der Waals surface area contributed by atoms with Crippen molar-refractivity contribution in [1.82, 2.24) is 9.97 Å². The number of ether oxygens (including phenoxy) is 3. The number of aromatic nitrogens is 2. The number of benzene rings is 2. The number of carbonyl (C=O) groups is 2. The number of esters is 2. The molecule has 0 amide bonds. The SMILES string of the molecule is CC(C)CC(N)C(=O)OC[C@H](COc1ccc(-c2c(C#N)c(N)nc(SCc3coc(-c4ccc(Cl)cc4)n3)c2C#N)cc1)OC(=O)C(N)CC(C)C. The second-order valence-corrected chi connectivity index (χ2v) is 14.5. The summed E-state index contributed by atoms with van der Waals surface area (Å²) in [5, 5.41) is 21.2. The summed E-state index contributed by atoms with van der Waals surface area (Å²) in [6.07, 6.45) is 1.39. The number of pyridine rings is 1. The summed E-state index contributed by atoms with van der Waals surface area (Å²) in [4.78, 5) is 34.1. The van der Waals surface area contributed by atoms with Gasteiger partial charge in [0.15, 0.2) is 6.10 Å². The second kappa shape index (κ2) is 19.1. The lowest BCUT2D eigenvalue weighted by atomic mass is 9.97. The van der Waals surface area contributed by atoms with Crippen LogP contribution in [0.3, 0.4) is 0 Å². The zero-order valence-corrected chi connectivity index (χ0v) is 31.4. The van der Waals surface area contributed by atoms with Gasteiger partial charge >= 0.3 is 11.9 Å². The van der Waals surface area contributed by atoms with Crippen LogP contribution in [0.1, 0.15) is 57.4 Å². The van der Waals surface area contributed by atoms with Gasteiger partial charge in [0.2, 0.25) is 5.89 Å². The number of nitrogen functional groups attached to an aromatic ring is 1. The highest BCUT2D eigenvalue weighted by atomic mass is 35.5. The van der Waals surface area contributed by atoms with Crippen LogP contribution in [0.5, 0.6) is 5.75 Å². The molecular weight excluding hydrogens is 718 g/mol. The number of hydrogen-bond donors (Lipinski definition) is 3. The number of anilines is 1. The molecule has 15 heteroatoms. The maximum Gasteiger partial charge on any atom is 0.323 e. The number of carbonyl (C=O) groups excluding carboxylic acids is 2. The van der Waals surface area contributed by atoms with Gasteiger partial charge in [-0.3, -0.25) is 9.59 Å². The van der Waals surface area contributed by atoms with Crippen LogP contribution in [-0.2, 0) is 24.8 Å². The predicted octanol–water partition coefficient (Wildman–Crippen LogP) is 6.26. The summed E-state index contributed by atoms with van der Waals surface area (Å²) in [5.41, 5.74) is 20.6. The molecule has 4 rings (SSSR count). The molecule has 0 aliphatic rings. The van der Waals surface area contributed by atoms with Crippen LogP contribution in [0.4, 0.5) is 5.82 Å². The molecule has 0 saturated carbocycles. The third-order valence-corrected chi connectivity index (χ3v) is 9.01. The van der Waals surface area contributed by atoms with Gasteiger partial charge in [0, 0.05) is 21.9 Å². The fraction of sp³-hybridized carbons (Fsp3) is 0.368. The molecule has 3 atom stereocenters. The van der Waals surface area contributed by atoms with Gasteiger partial charge in [-0.05, 0) is 66.6 Å². The first-order chi connectivity index (χ1) is 25.3. The molecule has 0 fully saturated rings. The fourth-order valence-corrected chi connectivity index (χ4v) is 6.20. The standard InChI is InChI=1S/C38H42ClN7O6S/c1-21(2)13-31(42)37(47)51-19-28(52-38(48)32(43)14-22(3)4)18-49-27-11-7-23(8-12-27)33-29(15-40)34(44)46-36(30(33)16-41)53-20-26-17-50-35(45-26)24-5-9-25(39)10-6-24/h5-12,17,21-22,28,31-32H,13-14,18-20,42-43H2,1-4H3,(H2,44,46)/t28-,31?,32?/m0/s1. The summed E-state index contributed by atoms with van der Waals surface area (Å²) >= 11 is 7.22. The Morgan fingerprint density at radius 2 is 1.47 bits per heavy atom. The average molecular weight is 760 g/mol. The minimum atomic E-state index is -0.975. The molecule has 278 valence electrons. The normalized spacial score (nSPS) is 12.8. The molecule has 13 nitrogen and oxygen atoms in total. The number of rotatable bonds is 17. The van der Waals surface area contributed by atoms with Crippen LogP contribution in [0.2, 0.25) is 5.02 Å². The molecule has 2 aromatic heterocycles. The van der Waals surface area contributed by atoms with E-state index in [4.69, 9.17) is 47.4 Å². The average Bonchev–Trinajstić information content (AvgIpc) is 3.60. The van der Waals surface area contributed by atoms with Crippen molar-refractivity contribution in [2.75, 3.05) is 18.9 Å². The molecule has 2 heterocycles. The Morgan fingerprint density at radius 3 is 2.08 bits per heavy atom. The lowest BCUT2D eigenvalue weighted by Crippen LogP contribution is -2.41. The number of hydrogen-bond acceptors (Lipinski definition) is 14. The molecule has 2 aromatic carbocycles. The summed E-state index contributed by atoms with van der Waals surface area (Å²) in [6, 6.07) is 16.2. The molecule has 0 spiro atoms. The van der Waals surface area contributed by atoms with Crippen molar-refractivity contribution in [3.05, 3.63) is 76.6 Å². The van der Waals surface area contributed by atoms with Crippen molar-refractivity contribution in [2.24, 2.45) is 23.3 Å². The maximum atomic E-state index is 12.7. The quantitative estimate of drug-likeness (QED) is 0.0798. The summed E-state index contributed by atoms with van der Waals surface area (Å²) in [5.74, 6) is 0.150. The van der Waals surface area contributed by atoms with E-state index in [9.17, 15) is 20.1 Å². The maximum absolute atomic E-state index is 12.7. The van der Waals surface area contributed by atoms with E-state index in [0.29, 0.717) is 57.1 Å². The number of nitrogens with two attached hydrogens (primary N) is 3. The predicted molar refractivity (Wildman–Crippen MR) is 201 cm³/mol. The summed E-state index contributed by atoms with van der Waals surface area (Å²) in [6.45, 7) is 7.31. The summed E-state index contributed by atoms with van der Waals surface area (Å²) < 4.78 is 22.5. The van der Waals surface area contributed by atoms with E-state index >= 15 is 0 Å². The van der Waals surface area contributed by atoms with Crippen molar-refractivity contribution in [3.8, 4) is 40.5 Å². The highest BCUT2D eigenvalue weighted by Gasteiger charge is 2.26. The molecule has 0 radical (unpaired) electrons. The Labute approximate surface area is 317 Å². The number of nitriles is 2. The molecule has 0 bridgehead atoms. The van der Waals surface area contributed by atoms with E-state index in [2.05, 4.69) is 22.1 Å². The van der Waals surface area contributed by atoms with E-state index in [0.717, 1.165) is 5.56 Å². The van der Waals surface area contributed by atoms with Gasteiger partial charge in [0.25, 0.3) is 0 Å². The third kappa shape index (κ3) is 11.4. The first-order valence-electron chi connectivity index (χ1n) is 16.9. The van der Waals surface area contributed by atoms with Gasteiger partial charge in [-0.1, -0.05) is 63.2 Å². The van der Waals surface area contributed by atoms with E-state index in [-0.39, 0.29) is 42.0 Å². The van der Waals surface area contributed by atoms with E-state index < -0.39 is 30.1 Å². The van der Waals surface area contributed by atoms with Crippen LogP contribution in [0, 0.1) is 34.5 Å². The third-order valence-electron chi connectivity index (χ3n) is 7.74. The monoisotopic (exact) mass is 759 g/mol. The molecule has 6 N–H and O–H groups in total. The molecule has 0 aliphatic heterocycles. The van der Waals surface area contributed by atoms with Crippen molar-refractivity contribution in [3.63, 3.8) is 0 Å². The van der Waals surface area contributed by atoms with Gasteiger partial charge in [-0.15, -0.1) is 0 Å². The highest BCUT2D eigenvalue weighted by molar-refractivity contribution is 7.98. The largest absolute Gasteiger partial charge is 0.490 e. The molecule has 53 heavy (non-hydrogen) atoms. The fourth-order valence-electron chi connectivity index (χ4n) is 5.20. The minimum Gasteiger partial charge on any atom is -0.490 e. The topological polar surface area (TPSA) is 226 Å². The Hall–Kier alpha value is -5.12. The van der Waals surface area contributed by atoms with Gasteiger partial charge in [0.1, 0.15) is 65.9 Å². The van der Waals surface area contributed by atoms with Crippen LogP contribution < -0.4 is 21.9 Å². The summed E-state index contributed by atoms with van der Waals surface area (Å²) in [7, 11) is 0. The molecule has 0 aliphatic carbocycles. The van der Waals surface area contributed by atoms with Crippen LogP contribution in [0.15, 0.2) is 64.2 Å². The number of halogens is 1. The molecular formula is C38H42ClN7O6S. The van der Waals surface area contributed by atoms with Crippen molar-refractivity contribution >= 4 is 41.1 Å². The first kappa shape index (κ1) is 40.6. The lowest BCUT2D eigenvalue weighted by Gasteiger charge is -2.22. The van der Waals surface area contributed by atoms with Crippen LogP contribution >= 0.6 is 23.4 Å². The molecule has 4 aromatic rings. The van der Waals surface area contributed by atoms with Gasteiger partial charge in [-0.2, -0.15) is 10.5 Å². The highest BCUT2D eigenvalue weighted by Crippen LogP contribution is 2.37. The van der Waals surface area contributed by atoms with Crippen LogP contribution in [0.25, 0.3) is 22.6 Å². The minimum absolute atomic E-state index is 0.0330. The Morgan fingerprint density at radius 1 is 0.868 bits per heavy atom. The van der Waals surface area contributed by atoms with Crippen molar-refractivity contribution < 1.29 is 28.2 Å². The first-order valence-corrected chi connectivity index (χ1v) is 18.2. The lowest BCUT2D eigenvalue weighted by molar-refractivity contribution is -0.162. The Kier molecular flexibility index (Phi) is 14.6. The number of thioether (sulfide) groups is 1. The van der Waals surface area contributed by atoms with E-state index in [1.54, 1.807) is 48.5 Å². The number of nitrogens with zero attached hydrogens (tertiary/aromatic N) is 4. The van der Waals surface area contributed by atoms with E-state index in [1.165, 1.54) is 18.0 Å². The van der Waals surface area contributed by atoms with Crippen molar-refractivity contribution in [2.45, 2.75) is 69.5 Å².